The second-order valence-corrected chi connectivity index (χ2v) is 9.01. The maximum absolute atomic E-state index is 12.3. The number of nitro groups is 1. The SMILES string of the molecule is C=CCN1CCC2(c3cccc(OC)c3)Cc3[nH]c4cccc([N+](=O)[O-])c4c3CC2(O)C1. The number of benzene rings is 2. The van der Waals surface area contributed by atoms with Gasteiger partial charge in [-0.1, -0.05) is 24.3 Å². The number of aliphatic hydroxyl groups is 1. The summed E-state index contributed by atoms with van der Waals surface area (Å²) in [4.78, 5) is 17.1. The number of β-amino-alcohol motifs (C(OH)–C–C–N with tert-alkyl or cyclic N) is 1. The zero-order valence-electron chi connectivity index (χ0n) is 18.1. The maximum atomic E-state index is 12.3. The fraction of sp³-hybridized carbons (Fsp3) is 0.360. The average molecular weight is 434 g/mol. The monoisotopic (exact) mass is 433 g/mol. The normalized spacial score (nSPS) is 25.2. The number of nitrogens with one attached hydrogen (secondary N) is 1. The lowest BCUT2D eigenvalue weighted by molar-refractivity contribution is -0.383. The molecule has 2 N–H and O–H groups in total. The first-order valence-electron chi connectivity index (χ1n) is 10.9. The van der Waals surface area contributed by atoms with Crippen molar-refractivity contribution in [3.05, 3.63) is 82.1 Å². The van der Waals surface area contributed by atoms with E-state index in [1.807, 2.05) is 30.3 Å². The predicted molar refractivity (Wildman–Crippen MR) is 123 cm³/mol. The zero-order chi connectivity index (χ0) is 22.5. The van der Waals surface area contributed by atoms with Crippen LogP contribution in [-0.2, 0) is 18.3 Å². The molecule has 0 spiro atoms. The quantitative estimate of drug-likeness (QED) is 0.363. The van der Waals surface area contributed by atoms with Crippen LogP contribution in [0.1, 0.15) is 23.2 Å². The molecule has 7 heteroatoms. The maximum Gasteiger partial charge on any atom is 0.279 e. The molecule has 1 saturated heterocycles. The number of aromatic amines is 1. The fourth-order valence-electron chi connectivity index (χ4n) is 5.88. The van der Waals surface area contributed by atoms with Crippen LogP contribution in [-0.4, -0.2) is 52.3 Å². The Morgan fingerprint density at radius 2 is 2.12 bits per heavy atom. The van der Waals surface area contributed by atoms with Gasteiger partial charge in [-0.25, -0.2) is 0 Å². The van der Waals surface area contributed by atoms with Gasteiger partial charge in [0.15, 0.2) is 0 Å². The number of fused-ring (bicyclic) bond motifs is 4. The molecule has 2 unspecified atom stereocenters. The second kappa shape index (κ2) is 7.46. The van der Waals surface area contributed by atoms with E-state index in [1.165, 1.54) is 6.07 Å². The van der Waals surface area contributed by atoms with Crippen LogP contribution in [0.2, 0.25) is 0 Å². The zero-order valence-corrected chi connectivity index (χ0v) is 18.1. The molecule has 0 amide bonds. The molecule has 32 heavy (non-hydrogen) atoms. The van der Waals surface area contributed by atoms with E-state index >= 15 is 0 Å². The fourth-order valence-corrected chi connectivity index (χ4v) is 5.88. The van der Waals surface area contributed by atoms with Gasteiger partial charge in [0.05, 0.1) is 28.5 Å². The number of nitro benzene ring substituents is 1. The number of H-pyrrole nitrogens is 1. The molecule has 2 heterocycles. The Bertz CT molecular complexity index is 1220. The van der Waals surface area contributed by atoms with Crippen molar-refractivity contribution in [2.24, 2.45) is 0 Å². The highest BCUT2D eigenvalue weighted by Gasteiger charge is 2.57. The first-order valence-corrected chi connectivity index (χ1v) is 10.9. The standard InChI is InChI=1S/C25H27N3O4/c1-3-11-27-12-10-24(17-6-4-7-18(13-17)32-2)15-21-19(14-25(24,29)16-27)23-20(26-21)8-5-9-22(23)28(30)31/h3-9,13,26,29H,1,10-12,14-16H2,2H3. The van der Waals surface area contributed by atoms with Gasteiger partial charge in [0.1, 0.15) is 5.75 Å². The topological polar surface area (TPSA) is 91.6 Å². The van der Waals surface area contributed by atoms with Gasteiger partial charge >= 0.3 is 0 Å². The summed E-state index contributed by atoms with van der Waals surface area (Å²) in [6.07, 6.45) is 3.55. The summed E-state index contributed by atoms with van der Waals surface area (Å²) >= 11 is 0. The van der Waals surface area contributed by atoms with E-state index in [1.54, 1.807) is 13.2 Å². The Kier molecular flexibility index (Phi) is 4.83. The number of rotatable bonds is 5. The molecule has 5 rings (SSSR count). The Hall–Kier alpha value is -3.16. The largest absolute Gasteiger partial charge is 0.497 e. The van der Waals surface area contributed by atoms with Crippen LogP contribution in [0, 0.1) is 10.1 Å². The summed E-state index contributed by atoms with van der Waals surface area (Å²) in [5.41, 5.74) is 2.07. The van der Waals surface area contributed by atoms with Gasteiger partial charge in [-0.15, -0.1) is 6.58 Å². The predicted octanol–water partition coefficient (Wildman–Crippen LogP) is 3.74. The molecule has 1 fully saturated rings. The molecule has 2 atom stereocenters. The van der Waals surface area contributed by atoms with Crippen molar-refractivity contribution in [1.82, 2.24) is 9.88 Å². The van der Waals surface area contributed by atoms with Gasteiger partial charge < -0.3 is 14.8 Å². The van der Waals surface area contributed by atoms with Crippen LogP contribution in [0.4, 0.5) is 5.69 Å². The first kappa shape index (κ1) is 20.7. The molecule has 7 nitrogen and oxygen atoms in total. The summed E-state index contributed by atoms with van der Waals surface area (Å²) in [6, 6.07) is 13.1. The van der Waals surface area contributed by atoms with Crippen molar-refractivity contribution in [3.8, 4) is 5.75 Å². The Labute approximate surface area is 186 Å². The van der Waals surface area contributed by atoms with Crippen molar-refractivity contribution < 1.29 is 14.8 Å². The lowest BCUT2D eigenvalue weighted by atomic mass is 9.56. The third-order valence-electron chi connectivity index (χ3n) is 7.38. The lowest BCUT2D eigenvalue weighted by Crippen LogP contribution is -2.66. The summed E-state index contributed by atoms with van der Waals surface area (Å²) in [6.45, 7) is 5.86. The highest BCUT2D eigenvalue weighted by Crippen LogP contribution is 2.52. The number of ether oxygens (including phenoxy) is 1. The number of hydrogen-bond acceptors (Lipinski definition) is 5. The van der Waals surface area contributed by atoms with E-state index in [0.717, 1.165) is 41.1 Å². The number of likely N-dealkylation sites (tertiary alicyclic amines) is 1. The first-order chi connectivity index (χ1) is 15.4. The Morgan fingerprint density at radius 3 is 2.88 bits per heavy atom. The van der Waals surface area contributed by atoms with E-state index in [-0.39, 0.29) is 10.6 Å². The lowest BCUT2D eigenvalue weighted by Gasteiger charge is -2.56. The second-order valence-electron chi connectivity index (χ2n) is 9.01. The van der Waals surface area contributed by atoms with Gasteiger partial charge in [-0.3, -0.25) is 15.0 Å². The third-order valence-corrected chi connectivity index (χ3v) is 7.38. The van der Waals surface area contributed by atoms with Gasteiger partial charge in [-0.2, -0.15) is 0 Å². The van der Waals surface area contributed by atoms with Crippen molar-refractivity contribution in [3.63, 3.8) is 0 Å². The summed E-state index contributed by atoms with van der Waals surface area (Å²) < 4.78 is 5.49. The molecular weight excluding hydrogens is 406 g/mol. The van der Waals surface area contributed by atoms with Crippen LogP contribution < -0.4 is 4.74 Å². The molecular formula is C25H27N3O4. The summed E-state index contributed by atoms with van der Waals surface area (Å²) in [7, 11) is 1.64. The highest BCUT2D eigenvalue weighted by molar-refractivity contribution is 5.93. The smallest absolute Gasteiger partial charge is 0.279 e. The molecule has 166 valence electrons. The highest BCUT2D eigenvalue weighted by atomic mass is 16.6. The van der Waals surface area contributed by atoms with Gasteiger partial charge in [-0.05, 0) is 42.3 Å². The Balaban J connectivity index is 1.72. The van der Waals surface area contributed by atoms with E-state index in [2.05, 4.69) is 22.5 Å². The number of aromatic nitrogens is 1. The average Bonchev–Trinajstić information content (AvgIpc) is 3.13. The van der Waals surface area contributed by atoms with Crippen LogP contribution in [0.25, 0.3) is 10.9 Å². The van der Waals surface area contributed by atoms with Crippen LogP contribution >= 0.6 is 0 Å². The van der Waals surface area contributed by atoms with Crippen molar-refractivity contribution in [1.29, 1.82) is 0 Å². The summed E-state index contributed by atoms with van der Waals surface area (Å²) in [5.74, 6) is 0.755. The van der Waals surface area contributed by atoms with Crippen molar-refractivity contribution >= 4 is 16.6 Å². The van der Waals surface area contributed by atoms with E-state index in [9.17, 15) is 15.2 Å². The van der Waals surface area contributed by atoms with E-state index < -0.39 is 11.0 Å². The third kappa shape index (κ3) is 2.96. The molecule has 1 aliphatic carbocycles. The molecule has 2 aliphatic rings. The van der Waals surface area contributed by atoms with Crippen LogP contribution in [0.5, 0.6) is 5.75 Å². The number of methoxy groups -OCH3 is 1. The summed E-state index contributed by atoms with van der Waals surface area (Å²) in [5, 5.41) is 24.7. The van der Waals surface area contributed by atoms with Crippen LogP contribution in [0.15, 0.2) is 55.1 Å². The van der Waals surface area contributed by atoms with Crippen molar-refractivity contribution in [2.45, 2.75) is 30.3 Å². The Morgan fingerprint density at radius 1 is 1.31 bits per heavy atom. The minimum Gasteiger partial charge on any atom is -0.497 e. The molecule has 1 aliphatic heterocycles. The van der Waals surface area contributed by atoms with Gasteiger partial charge in [0.25, 0.3) is 5.69 Å². The molecule has 2 aromatic carbocycles. The van der Waals surface area contributed by atoms with Gasteiger partial charge in [0, 0.05) is 43.1 Å². The van der Waals surface area contributed by atoms with E-state index in [0.29, 0.717) is 31.3 Å². The number of nitrogens with zero attached hydrogens (tertiary/aromatic N) is 2. The molecule has 0 saturated carbocycles. The number of piperidine rings is 1. The van der Waals surface area contributed by atoms with Crippen molar-refractivity contribution in [2.75, 3.05) is 26.7 Å². The molecule has 0 radical (unpaired) electrons. The minimum atomic E-state index is -1.09. The number of hydrogen-bond donors (Lipinski definition) is 2. The molecule has 0 bridgehead atoms. The van der Waals surface area contributed by atoms with E-state index in [4.69, 9.17) is 4.74 Å². The number of non-ortho nitro benzene ring substituents is 1. The molecule has 1 aromatic heterocycles. The van der Waals surface area contributed by atoms with Crippen LogP contribution in [0.3, 0.4) is 0 Å². The minimum absolute atomic E-state index is 0.0798. The molecule has 3 aromatic rings. The van der Waals surface area contributed by atoms with Gasteiger partial charge in [0.2, 0.25) is 0 Å².